The van der Waals surface area contributed by atoms with Crippen LogP contribution in [0.5, 0.6) is 0 Å². The molecule has 0 aliphatic carbocycles. The van der Waals surface area contributed by atoms with Gasteiger partial charge in [0.15, 0.2) is 0 Å². The van der Waals surface area contributed by atoms with E-state index in [1.54, 1.807) is 11.3 Å². The Morgan fingerprint density at radius 3 is 2.88 bits per heavy atom. The lowest BCUT2D eigenvalue weighted by atomic mass is 9.92. The van der Waals surface area contributed by atoms with Crippen molar-refractivity contribution in [2.24, 2.45) is 0 Å². The summed E-state index contributed by atoms with van der Waals surface area (Å²) in [5, 5.41) is 12.7. The van der Waals surface area contributed by atoms with Gasteiger partial charge in [-0.3, -0.25) is 4.79 Å². The summed E-state index contributed by atoms with van der Waals surface area (Å²) in [5.74, 6) is -0.0840. The smallest absolute Gasteiger partial charge is 0.225 e. The Hall–Kier alpha value is -1.25. The van der Waals surface area contributed by atoms with Crippen molar-refractivity contribution in [1.82, 2.24) is 5.32 Å². The quantitative estimate of drug-likeness (QED) is 0.893. The molecule has 17 heavy (non-hydrogen) atoms. The first-order valence-electron chi connectivity index (χ1n) is 5.20. The monoisotopic (exact) mass is 264 g/mol. The zero-order valence-electron chi connectivity index (χ0n) is 9.61. The summed E-state index contributed by atoms with van der Waals surface area (Å²) in [5.41, 5.74) is 0.680. The van der Waals surface area contributed by atoms with Crippen LogP contribution in [0.1, 0.15) is 22.1 Å². The molecule has 0 aromatic carbocycles. The van der Waals surface area contributed by atoms with Gasteiger partial charge < -0.3 is 5.32 Å². The van der Waals surface area contributed by atoms with Gasteiger partial charge in [-0.05, 0) is 25.3 Å². The summed E-state index contributed by atoms with van der Waals surface area (Å²) < 4.78 is 0. The molecule has 0 unspecified atom stereocenters. The third-order valence-corrected chi connectivity index (χ3v) is 4.51. The molecule has 0 bridgehead atoms. The second kappa shape index (κ2) is 4.94. The van der Waals surface area contributed by atoms with E-state index in [2.05, 4.69) is 11.4 Å². The molecule has 1 aliphatic heterocycles. The van der Waals surface area contributed by atoms with E-state index in [1.807, 2.05) is 25.3 Å². The van der Waals surface area contributed by atoms with Gasteiger partial charge in [-0.2, -0.15) is 5.26 Å². The number of thioether (sulfide) groups is 1. The van der Waals surface area contributed by atoms with Gasteiger partial charge in [0.2, 0.25) is 5.91 Å². The van der Waals surface area contributed by atoms with Gasteiger partial charge >= 0.3 is 0 Å². The normalized spacial score (nSPS) is 20.1. The molecule has 5 heteroatoms. The van der Waals surface area contributed by atoms with Crippen molar-refractivity contribution in [3.63, 3.8) is 0 Å². The van der Waals surface area contributed by atoms with Gasteiger partial charge in [0.1, 0.15) is 0 Å². The number of carbonyl (C=O) groups is 1. The van der Waals surface area contributed by atoms with E-state index in [0.717, 1.165) is 4.88 Å². The lowest BCUT2D eigenvalue weighted by molar-refractivity contribution is -0.120. The van der Waals surface area contributed by atoms with Crippen LogP contribution in [0.3, 0.4) is 0 Å². The second-order valence-electron chi connectivity index (χ2n) is 3.81. The summed E-state index contributed by atoms with van der Waals surface area (Å²) in [7, 11) is 0. The lowest BCUT2D eigenvalue weighted by Crippen LogP contribution is -2.30. The maximum absolute atomic E-state index is 11.6. The first-order valence-corrected chi connectivity index (χ1v) is 7.24. The van der Waals surface area contributed by atoms with E-state index in [9.17, 15) is 10.1 Å². The van der Waals surface area contributed by atoms with E-state index in [-0.39, 0.29) is 11.8 Å². The Morgan fingerprint density at radius 2 is 2.35 bits per heavy atom. The van der Waals surface area contributed by atoms with Crippen LogP contribution in [0.15, 0.2) is 22.7 Å². The third kappa shape index (κ3) is 2.38. The van der Waals surface area contributed by atoms with Gasteiger partial charge in [0.05, 0.1) is 16.7 Å². The highest BCUT2D eigenvalue weighted by Crippen LogP contribution is 2.37. The van der Waals surface area contributed by atoms with Crippen LogP contribution in [0.2, 0.25) is 0 Å². The summed E-state index contributed by atoms with van der Waals surface area (Å²) in [6.07, 6.45) is 2.24. The number of hydrogen-bond acceptors (Lipinski definition) is 4. The Bertz CT molecular complexity index is 525. The van der Waals surface area contributed by atoms with Gasteiger partial charge in [-0.1, -0.05) is 0 Å². The van der Waals surface area contributed by atoms with Crippen LogP contribution in [0.4, 0.5) is 0 Å². The Kier molecular flexibility index (Phi) is 3.55. The van der Waals surface area contributed by atoms with Crippen molar-refractivity contribution in [1.29, 1.82) is 5.26 Å². The summed E-state index contributed by atoms with van der Waals surface area (Å²) in [6.45, 7) is 2.03. The molecule has 0 saturated heterocycles. The number of amides is 1. The molecule has 1 atom stereocenters. The Labute approximate surface area is 109 Å². The van der Waals surface area contributed by atoms with Crippen LogP contribution >= 0.6 is 23.1 Å². The lowest BCUT2D eigenvalue weighted by Gasteiger charge is -2.23. The predicted molar refractivity (Wildman–Crippen MR) is 70.7 cm³/mol. The summed E-state index contributed by atoms with van der Waals surface area (Å²) >= 11 is 3.07. The average molecular weight is 264 g/mol. The summed E-state index contributed by atoms with van der Waals surface area (Å²) in [4.78, 5) is 13.9. The molecule has 1 amide bonds. The maximum Gasteiger partial charge on any atom is 0.225 e. The second-order valence-corrected chi connectivity index (χ2v) is 5.95. The maximum atomic E-state index is 11.6. The van der Waals surface area contributed by atoms with Gasteiger partial charge in [-0.25, -0.2) is 0 Å². The van der Waals surface area contributed by atoms with Crippen molar-refractivity contribution in [3.05, 3.63) is 32.5 Å². The average Bonchev–Trinajstić information content (AvgIpc) is 2.74. The van der Waals surface area contributed by atoms with Crippen LogP contribution in [0, 0.1) is 18.3 Å². The van der Waals surface area contributed by atoms with Crippen molar-refractivity contribution in [2.75, 3.05) is 6.26 Å². The fourth-order valence-corrected chi connectivity index (χ4v) is 3.48. The molecule has 1 aromatic rings. The van der Waals surface area contributed by atoms with Crippen molar-refractivity contribution < 1.29 is 4.79 Å². The van der Waals surface area contributed by atoms with E-state index >= 15 is 0 Å². The molecule has 1 N–H and O–H groups in total. The molecule has 3 nitrogen and oxygen atoms in total. The highest BCUT2D eigenvalue weighted by atomic mass is 32.2. The van der Waals surface area contributed by atoms with E-state index < -0.39 is 0 Å². The van der Waals surface area contributed by atoms with Gasteiger partial charge in [-0.15, -0.1) is 23.1 Å². The molecule has 1 aliphatic rings. The topological polar surface area (TPSA) is 52.9 Å². The van der Waals surface area contributed by atoms with Gasteiger partial charge in [0.25, 0.3) is 0 Å². The fraction of sp³-hybridized carbons (Fsp3) is 0.333. The number of hydrogen-bond donors (Lipinski definition) is 1. The molecular weight excluding hydrogens is 252 g/mol. The van der Waals surface area contributed by atoms with E-state index in [1.165, 1.54) is 16.6 Å². The van der Waals surface area contributed by atoms with Crippen LogP contribution in [-0.4, -0.2) is 12.2 Å². The SMILES string of the molecule is CSC1=C(C#N)[C@@H](c2ccc(C)s2)CC(=O)N1. The molecule has 88 valence electrons. The number of aryl methyl sites for hydroxylation is 1. The zero-order chi connectivity index (χ0) is 12.4. The number of rotatable bonds is 2. The molecule has 1 aromatic heterocycles. The zero-order valence-corrected chi connectivity index (χ0v) is 11.2. The summed E-state index contributed by atoms with van der Waals surface area (Å²) in [6, 6.07) is 6.27. The number of carbonyl (C=O) groups excluding carboxylic acids is 1. The molecule has 2 rings (SSSR count). The van der Waals surface area contributed by atoms with Crippen LogP contribution in [-0.2, 0) is 4.79 Å². The minimum absolute atomic E-state index is 0.00981. The first kappa shape index (κ1) is 12.2. The van der Waals surface area contributed by atoms with E-state index in [4.69, 9.17) is 0 Å². The molecular formula is C12H12N2OS2. The molecule has 2 heterocycles. The number of nitrogens with one attached hydrogen (secondary N) is 1. The standard InChI is InChI=1S/C12H12N2OS2/c1-7-3-4-10(17-7)8-5-11(15)14-12(16-2)9(8)6-13/h3-4,8H,5H2,1-2H3,(H,14,15)/t8-/m0/s1. The predicted octanol–water partition coefficient (Wildman–Crippen LogP) is 2.76. The molecule has 0 saturated carbocycles. The van der Waals surface area contributed by atoms with Crippen molar-refractivity contribution >= 4 is 29.0 Å². The highest BCUT2D eigenvalue weighted by Gasteiger charge is 2.29. The van der Waals surface area contributed by atoms with Crippen molar-refractivity contribution in [3.8, 4) is 6.07 Å². The van der Waals surface area contributed by atoms with Crippen LogP contribution in [0.25, 0.3) is 0 Å². The number of nitrogens with zero attached hydrogens (tertiary/aromatic N) is 1. The number of thiophene rings is 1. The molecule has 0 fully saturated rings. The third-order valence-electron chi connectivity index (χ3n) is 2.66. The Morgan fingerprint density at radius 1 is 1.59 bits per heavy atom. The van der Waals surface area contributed by atoms with E-state index in [0.29, 0.717) is 17.0 Å². The Balaban J connectivity index is 2.45. The van der Waals surface area contributed by atoms with Gasteiger partial charge in [0, 0.05) is 22.1 Å². The number of nitriles is 1. The minimum atomic E-state index is -0.0742. The van der Waals surface area contributed by atoms with Crippen molar-refractivity contribution in [2.45, 2.75) is 19.3 Å². The van der Waals surface area contributed by atoms with Crippen LogP contribution < -0.4 is 5.32 Å². The molecule has 0 spiro atoms. The highest BCUT2D eigenvalue weighted by molar-refractivity contribution is 8.02. The largest absolute Gasteiger partial charge is 0.320 e. The molecule has 0 radical (unpaired) electrons. The minimum Gasteiger partial charge on any atom is -0.320 e. The first-order chi connectivity index (χ1) is 8.15. The number of allylic oxidation sites excluding steroid dienone is 1. The fourth-order valence-electron chi connectivity index (χ4n) is 1.86.